The fourth-order valence-corrected chi connectivity index (χ4v) is 2.07. The molecule has 0 atom stereocenters. The Balaban J connectivity index is 1.75. The number of nitrogens with one attached hydrogen (secondary N) is 1. The molecule has 5 N–H and O–H groups in total. The number of carbonyl (C=O) groups excluding carboxylic acids is 2. The Labute approximate surface area is 151 Å². The van der Waals surface area contributed by atoms with Crippen LogP contribution in [0, 0.1) is 0 Å². The smallest absolute Gasteiger partial charge is 0.330 e. The van der Waals surface area contributed by atoms with Crippen LogP contribution in [-0.2, 0) is 14.3 Å². The normalized spacial score (nSPS) is 10.5. The first kappa shape index (κ1) is 18.9. The molecule has 0 fully saturated rings. The summed E-state index contributed by atoms with van der Waals surface area (Å²) in [5, 5.41) is 2.63. The lowest BCUT2D eigenvalue weighted by Gasteiger charge is -2.09. The summed E-state index contributed by atoms with van der Waals surface area (Å²) in [5.74, 6) is -0.122. The third-order valence-corrected chi connectivity index (χ3v) is 3.45. The first-order chi connectivity index (χ1) is 12.5. The summed E-state index contributed by atoms with van der Waals surface area (Å²) in [6.07, 6.45) is 2.93. The van der Waals surface area contributed by atoms with Crippen molar-refractivity contribution in [2.24, 2.45) is 0 Å². The van der Waals surface area contributed by atoms with Crippen LogP contribution < -0.4 is 21.5 Å². The summed E-state index contributed by atoms with van der Waals surface area (Å²) < 4.78 is 10.1. The third kappa shape index (κ3) is 5.86. The van der Waals surface area contributed by atoms with Crippen LogP contribution in [0.4, 0.5) is 17.1 Å². The Morgan fingerprint density at radius 1 is 1.12 bits per heavy atom. The van der Waals surface area contributed by atoms with Gasteiger partial charge in [0.15, 0.2) is 0 Å². The molecule has 7 heteroatoms. The summed E-state index contributed by atoms with van der Waals surface area (Å²) in [6.45, 7) is -0.0418. The predicted octanol–water partition coefficient (Wildman–Crippen LogP) is 2.44. The van der Waals surface area contributed by atoms with Crippen LogP contribution in [0.5, 0.6) is 5.75 Å². The van der Waals surface area contributed by atoms with Crippen molar-refractivity contribution in [2.75, 3.05) is 30.5 Å². The first-order valence-electron chi connectivity index (χ1n) is 7.91. The summed E-state index contributed by atoms with van der Waals surface area (Å²) in [5.41, 5.74) is 13.6. The van der Waals surface area contributed by atoms with Crippen molar-refractivity contribution in [3.63, 3.8) is 0 Å². The molecule has 7 nitrogen and oxygen atoms in total. The van der Waals surface area contributed by atoms with Crippen LogP contribution in [0.15, 0.2) is 48.5 Å². The second kappa shape index (κ2) is 9.12. The Bertz CT molecular complexity index is 801. The molecule has 2 rings (SSSR count). The molecule has 136 valence electrons. The number of methoxy groups -OCH3 is 1. The molecule has 26 heavy (non-hydrogen) atoms. The maximum atomic E-state index is 11.9. The van der Waals surface area contributed by atoms with E-state index in [0.29, 0.717) is 17.1 Å². The van der Waals surface area contributed by atoms with E-state index in [1.807, 2.05) is 12.1 Å². The highest BCUT2D eigenvalue weighted by atomic mass is 16.5. The van der Waals surface area contributed by atoms with Gasteiger partial charge >= 0.3 is 5.97 Å². The maximum absolute atomic E-state index is 11.9. The molecule has 0 aliphatic carbocycles. The van der Waals surface area contributed by atoms with Gasteiger partial charge in [-0.15, -0.1) is 0 Å². The number of amides is 1. The fraction of sp³-hybridized carbons (Fsp3) is 0.158. The summed E-state index contributed by atoms with van der Waals surface area (Å²) in [7, 11) is 1.58. The van der Waals surface area contributed by atoms with E-state index in [9.17, 15) is 9.59 Å². The quantitative estimate of drug-likeness (QED) is 0.399. The van der Waals surface area contributed by atoms with Gasteiger partial charge in [-0.2, -0.15) is 0 Å². The number of hydrogen-bond acceptors (Lipinski definition) is 6. The van der Waals surface area contributed by atoms with E-state index in [0.717, 1.165) is 11.3 Å². The molecule has 0 aromatic heterocycles. The molecule has 0 spiro atoms. The summed E-state index contributed by atoms with van der Waals surface area (Å²) in [4.78, 5) is 23.5. The van der Waals surface area contributed by atoms with Gasteiger partial charge < -0.3 is 26.3 Å². The molecule has 0 bridgehead atoms. The molecular formula is C19H21N3O4. The number of nitrogens with two attached hydrogens (primary N) is 2. The first-order valence-corrected chi connectivity index (χ1v) is 7.91. The van der Waals surface area contributed by atoms with Crippen LogP contribution in [0.25, 0.3) is 6.08 Å². The molecule has 0 radical (unpaired) electrons. The van der Waals surface area contributed by atoms with Crippen molar-refractivity contribution >= 4 is 35.0 Å². The Kier molecular flexibility index (Phi) is 6.61. The molecule has 1 amide bonds. The van der Waals surface area contributed by atoms with Crippen LogP contribution >= 0.6 is 0 Å². The van der Waals surface area contributed by atoms with Crippen molar-refractivity contribution < 1.29 is 19.1 Å². The van der Waals surface area contributed by atoms with Gasteiger partial charge in [0.05, 0.1) is 24.9 Å². The largest absolute Gasteiger partial charge is 0.497 e. The van der Waals surface area contributed by atoms with Crippen molar-refractivity contribution in [1.82, 2.24) is 0 Å². The molecule has 0 aliphatic heterocycles. The van der Waals surface area contributed by atoms with E-state index in [2.05, 4.69) is 5.32 Å². The molecule has 0 heterocycles. The number of nitrogen functional groups attached to an aromatic ring is 2. The molecule has 0 saturated carbocycles. The SMILES string of the molecule is COc1ccc(/C=C/C(=O)OCCC(=O)Nc2cc(N)ccc2N)cc1. The van der Waals surface area contributed by atoms with Crippen LogP contribution in [0.3, 0.4) is 0 Å². The molecule has 2 aromatic rings. The van der Waals surface area contributed by atoms with Crippen LogP contribution in [-0.4, -0.2) is 25.6 Å². The van der Waals surface area contributed by atoms with Crippen molar-refractivity contribution in [3.05, 3.63) is 54.1 Å². The fourth-order valence-electron chi connectivity index (χ4n) is 2.07. The second-order valence-corrected chi connectivity index (χ2v) is 5.42. The van der Waals surface area contributed by atoms with E-state index in [1.54, 1.807) is 43.5 Å². The molecule has 0 saturated heterocycles. The number of anilines is 3. The van der Waals surface area contributed by atoms with Crippen molar-refractivity contribution in [3.8, 4) is 5.75 Å². The Hall–Kier alpha value is -3.48. The van der Waals surface area contributed by atoms with Gasteiger partial charge in [-0.3, -0.25) is 4.79 Å². The molecule has 0 aliphatic rings. The van der Waals surface area contributed by atoms with Gasteiger partial charge in [0.1, 0.15) is 12.4 Å². The van der Waals surface area contributed by atoms with Gasteiger partial charge in [-0.25, -0.2) is 4.79 Å². The monoisotopic (exact) mass is 355 g/mol. The maximum Gasteiger partial charge on any atom is 0.330 e. The summed E-state index contributed by atoms with van der Waals surface area (Å²) in [6, 6.07) is 12.0. The minimum Gasteiger partial charge on any atom is -0.497 e. The van der Waals surface area contributed by atoms with Gasteiger partial charge in [0.2, 0.25) is 5.91 Å². The zero-order valence-electron chi connectivity index (χ0n) is 14.4. The number of rotatable bonds is 7. The van der Waals surface area contributed by atoms with Gasteiger partial charge in [0.25, 0.3) is 0 Å². The topological polar surface area (TPSA) is 117 Å². The molecule has 0 unspecified atom stereocenters. The molecule has 2 aromatic carbocycles. The number of esters is 1. The minimum absolute atomic E-state index is 0.0103. The highest BCUT2D eigenvalue weighted by Gasteiger charge is 2.07. The highest BCUT2D eigenvalue weighted by molar-refractivity contribution is 5.94. The lowest BCUT2D eigenvalue weighted by atomic mass is 10.2. The van der Waals surface area contributed by atoms with E-state index in [4.69, 9.17) is 20.9 Å². The number of benzene rings is 2. The van der Waals surface area contributed by atoms with Gasteiger partial charge in [-0.05, 0) is 42.0 Å². The zero-order chi connectivity index (χ0) is 18.9. The average molecular weight is 355 g/mol. The lowest BCUT2D eigenvalue weighted by molar-refractivity contribution is -0.138. The van der Waals surface area contributed by atoms with Crippen molar-refractivity contribution in [1.29, 1.82) is 0 Å². The van der Waals surface area contributed by atoms with Crippen molar-refractivity contribution in [2.45, 2.75) is 6.42 Å². The van der Waals surface area contributed by atoms with E-state index >= 15 is 0 Å². The number of ether oxygens (including phenoxy) is 2. The van der Waals surface area contributed by atoms with Gasteiger partial charge in [0, 0.05) is 11.8 Å². The number of carbonyl (C=O) groups is 2. The minimum atomic E-state index is -0.530. The lowest BCUT2D eigenvalue weighted by Crippen LogP contribution is -2.16. The predicted molar refractivity (Wildman–Crippen MR) is 102 cm³/mol. The van der Waals surface area contributed by atoms with E-state index < -0.39 is 5.97 Å². The zero-order valence-corrected chi connectivity index (χ0v) is 14.4. The highest BCUT2D eigenvalue weighted by Crippen LogP contribution is 2.21. The van der Waals surface area contributed by atoms with E-state index in [-0.39, 0.29) is 18.9 Å². The van der Waals surface area contributed by atoms with Gasteiger partial charge in [-0.1, -0.05) is 12.1 Å². The third-order valence-electron chi connectivity index (χ3n) is 3.45. The molecular weight excluding hydrogens is 334 g/mol. The Morgan fingerprint density at radius 2 is 1.85 bits per heavy atom. The summed E-state index contributed by atoms with van der Waals surface area (Å²) >= 11 is 0. The second-order valence-electron chi connectivity index (χ2n) is 5.42. The van der Waals surface area contributed by atoms with Crippen LogP contribution in [0.2, 0.25) is 0 Å². The van der Waals surface area contributed by atoms with Crippen LogP contribution in [0.1, 0.15) is 12.0 Å². The average Bonchev–Trinajstić information content (AvgIpc) is 2.63. The number of hydrogen-bond donors (Lipinski definition) is 3. The van der Waals surface area contributed by atoms with E-state index in [1.165, 1.54) is 6.08 Å². The standard InChI is InChI=1S/C19H21N3O4/c1-25-15-6-2-13(3-7-15)4-9-19(24)26-11-10-18(23)22-17-12-14(20)5-8-16(17)21/h2-9,12H,10-11,20-21H2,1H3,(H,22,23)/b9-4+. The Morgan fingerprint density at radius 3 is 2.54 bits per heavy atom.